The molecule has 0 amide bonds. The Balaban J connectivity index is 0.000000750. The molecule has 128 heavy (non-hydrogen) atoms. The Labute approximate surface area is 821 Å². The van der Waals surface area contributed by atoms with Gasteiger partial charge in [-0.2, -0.15) is 0 Å². The van der Waals surface area contributed by atoms with Crippen LogP contribution in [-0.4, -0.2) is 170 Å². The molecule has 0 spiro atoms. The number of esters is 2. The second kappa shape index (κ2) is 72.1. The van der Waals surface area contributed by atoms with Crippen LogP contribution in [-0.2, 0) is 66.1 Å². The molecule has 688 valence electrons. The molecule has 4 aliphatic heterocycles. The molecule has 21 heteroatoms. The summed E-state index contributed by atoms with van der Waals surface area (Å²) in [6.07, 6.45) is 1.18. The van der Waals surface area contributed by atoms with Crippen LogP contribution < -0.4 is 42.8 Å². The molecule has 0 aromatic heterocycles. The summed E-state index contributed by atoms with van der Waals surface area (Å²) in [5, 5.41) is 28.6. The molecule has 0 bridgehead atoms. The second-order valence-corrected chi connectivity index (χ2v) is 51.9. The Hall–Kier alpha value is -7.53. The average Bonchev–Trinajstić information content (AvgIpc) is 1.68. The van der Waals surface area contributed by atoms with Gasteiger partial charge in [0.25, 0.3) is 0 Å². The molecule has 6 atom stereocenters. The third kappa shape index (κ3) is 46.0. The summed E-state index contributed by atoms with van der Waals surface area (Å²) in [5.74, 6) is 3.67. The topological polar surface area (TPSA) is 203 Å². The van der Waals surface area contributed by atoms with E-state index >= 15 is 0 Å². The van der Waals surface area contributed by atoms with Gasteiger partial charge >= 0.3 is 104 Å². The maximum atomic E-state index is 12.1. The van der Waals surface area contributed by atoms with E-state index in [1.54, 1.807) is 14.0 Å². The van der Waals surface area contributed by atoms with E-state index in [1.807, 2.05) is 227 Å². The second-order valence-electron chi connectivity index (χ2n) is 30.2. The molecule has 4 N–H and O–H groups in total. The van der Waals surface area contributed by atoms with Gasteiger partial charge in [0.05, 0.1) is 45.9 Å². The summed E-state index contributed by atoms with van der Waals surface area (Å²) in [6.45, 7) is 40.9. The molecule has 10 aromatic carbocycles. The van der Waals surface area contributed by atoms with E-state index in [-0.39, 0.29) is 71.3 Å². The number of hydrogen-bond donors (Lipinski definition) is 3. The molecule has 0 aliphatic carbocycles. The minimum absolute atomic E-state index is 0. The van der Waals surface area contributed by atoms with Crippen LogP contribution in [0.15, 0.2) is 309 Å². The first-order valence-electron chi connectivity index (χ1n) is 44.4. The zero-order valence-corrected chi connectivity index (χ0v) is 88.3. The molecule has 4 aliphatic rings. The molecule has 0 saturated carbocycles. The van der Waals surface area contributed by atoms with E-state index in [9.17, 15) is 34.5 Å². The number of hydrogen-bond acceptors (Lipinski definition) is 14. The van der Waals surface area contributed by atoms with Crippen molar-refractivity contribution in [2.24, 2.45) is 17.8 Å². The van der Waals surface area contributed by atoms with Gasteiger partial charge in [-0.15, -0.1) is 0 Å². The SMILES string of the molecule is CC.CC.CC.CC.CC.CCOC(=O)C#Cc1ccccc1.COC(=O)[C@@H]1CN(Cc2ccccc2)C[C@H]1c1ccccc1.COCN(Cc1ccccc1)C[Si](C)(C)C.I[I-]I.O=C(O)C1=C(c2ccccc2)CN(Cc2ccccc2)C1.O=C(O)[C@@H]1CN(Cc2ccccc2)C[C@@H]1c1ccccc1.OC[C@@H]1CN(Cc2ccccc2)C[C@H]1c1ccccc1.[Na+].[OH-]. The summed E-state index contributed by atoms with van der Waals surface area (Å²) in [5.41, 5.74) is 13.4. The number of ether oxygens (including phenoxy) is 3. The van der Waals surface area contributed by atoms with Crippen molar-refractivity contribution < 1.29 is 97.0 Å². The van der Waals surface area contributed by atoms with Crippen LogP contribution in [0.2, 0.25) is 19.6 Å². The molecular formula is C107H142I3N5NaO11Si-. The zero-order chi connectivity index (χ0) is 92.7. The van der Waals surface area contributed by atoms with E-state index < -0.39 is 26.0 Å². The molecule has 10 aromatic rings. The number of likely N-dealkylation sites (tertiary alicyclic amines) is 3. The van der Waals surface area contributed by atoms with Crippen molar-refractivity contribution in [1.82, 2.24) is 24.5 Å². The van der Waals surface area contributed by atoms with Crippen molar-refractivity contribution in [1.29, 1.82) is 0 Å². The number of carbonyl (C=O) groups excluding carboxylic acids is 2. The molecule has 0 radical (unpaired) electrons. The smallest absolute Gasteiger partial charge is 0.870 e. The summed E-state index contributed by atoms with van der Waals surface area (Å²) < 4.78 is 14.9. The molecule has 3 fully saturated rings. The van der Waals surface area contributed by atoms with Gasteiger partial charge in [0.1, 0.15) is 0 Å². The quantitative estimate of drug-likeness (QED) is 0.0179. The van der Waals surface area contributed by atoms with Gasteiger partial charge in [0.2, 0.25) is 0 Å². The summed E-state index contributed by atoms with van der Waals surface area (Å²) in [6, 6.07) is 102. The van der Waals surface area contributed by atoms with Crippen LogP contribution in [0.3, 0.4) is 0 Å². The number of aliphatic hydroxyl groups is 1. The van der Waals surface area contributed by atoms with Crippen LogP contribution >= 0.6 is 37.2 Å². The fraction of sp³-hybridized carbons (Fsp3) is 0.364. The number of carboxylic acids is 2. The zero-order valence-electron chi connectivity index (χ0n) is 78.9. The van der Waals surface area contributed by atoms with Gasteiger partial charge in [-0.1, -0.05) is 386 Å². The first-order valence-corrected chi connectivity index (χ1v) is 60.6. The van der Waals surface area contributed by atoms with Gasteiger partial charge in [0, 0.05) is 134 Å². The fourth-order valence-corrected chi connectivity index (χ4v) is 16.6. The molecule has 16 nitrogen and oxygen atoms in total. The number of carbonyl (C=O) groups is 4. The number of nitrogens with zero attached hydrogens (tertiary/aromatic N) is 5. The van der Waals surface area contributed by atoms with Gasteiger partial charge in [-0.3, -0.25) is 34.1 Å². The fourth-order valence-electron chi connectivity index (χ4n) is 15.0. The Kier molecular flexibility index (Phi) is 66.8. The van der Waals surface area contributed by atoms with Crippen LogP contribution in [0.5, 0.6) is 0 Å². The summed E-state index contributed by atoms with van der Waals surface area (Å²) in [7, 11) is 2.18. The van der Waals surface area contributed by atoms with Crippen molar-refractivity contribution >= 4 is 74.8 Å². The number of carboxylic acid groups (broad SMARTS) is 2. The maximum absolute atomic E-state index is 12.1. The molecule has 0 unspecified atom stereocenters. The van der Waals surface area contributed by atoms with Crippen molar-refractivity contribution in [3.05, 3.63) is 365 Å². The van der Waals surface area contributed by atoms with E-state index in [2.05, 4.69) is 244 Å². The molecule has 4 heterocycles. The number of aliphatic hydroxyl groups excluding tert-OH is 1. The van der Waals surface area contributed by atoms with Crippen LogP contribution in [0.1, 0.15) is 150 Å². The van der Waals surface area contributed by atoms with Gasteiger partial charge < -0.3 is 35.0 Å². The standard InChI is InChI=1S/C19H21NO2.C18H19NO2.C18H17NO2.C18H21NO.C13H23NOSi.C11H10O2.5C2H6.I3.Na.H2O/c1-22-19(21)18-14-20(12-15-8-4-2-5-9-15)13-17(18)16-10-6-3-7-11-16;2*20-18(21)17-13-19(11-14-7-3-1-4-8-14)12-16(17)15-9-5-2-6-10-15;20-14-17-12-19(11-15-7-3-1-4-8-15)13-18(17)16-9-5-2-6-10-16;1-15-11-14(12-16(2,3)4)10-13-8-6-5-7-9-13;1-2-13-11(12)9-8-10-6-4-3-5-7-10;5*1-2;1-3-2;;/h2-11,17-18H,12-14H2,1H3;1-10,16-17H,11-13H2,(H,20,21);1-10H,11-13H2,(H,20,21);1-10,17-18,20H,11-14H2;5-9H,10-12H2,1-4H3;3-7H,2H2,1H3;5*1-2H3;;;1H2/q;;;;;;;;;;;-1;+1;/p-1/t17-,18+;16-,17-;;17-,18-;;;;;;;;;;/m01.0........../s1. The van der Waals surface area contributed by atoms with Crippen molar-refractivity contribution in [2.75, 3.05) is 92.7 Å². The Morgan fingerprint density at radius 2 is 0.781 bits per heavy atom. The number of halogens is 3. The van der Waals surface area contributed by atoms with Crippen molar-refractivity contribution in [3.63, 3.8) is 0 Å². The summed E-state index contributed by atoms with van der Waals surface area (Å²) in [4.78, 5) is 57.6. The number of rotatable bonds is 23. The van der Waals surface area contributed by atoms with Gasteiger partial charge in [-0.05, 0) is 80.9 Å². The molecular weight excluding hydrogens is 1960 g/mol. The first kappa shape index (κ1) is 118. The van der Waals surface area contributed by atoms with E-state index in [0.29, 0.717) is 56.9 Å². The van der Waals surface area contributed by atoms with Crippen LogP contribution in [0.4, 0.5) is 0 Å². The van der Waals surface area contributed by atoms with E-state index in [0.717, 1.165) is 94.4 Å². The molecule has 3 saturated heterocycles. The minimum Gasteiger partial charge on any atom is -0.870 e. The normalized spacial score (nSPS) is 16.3. The first-order chi connectivity index (χ1) is 61.4. The summed E-state index contributed by atoms with van der Waals surface area (Å²) >= 11 is 5.30. The van der Waals surface area contributed by atoms with Gasteiger partial charge in [0.15, 0.2) is 0 Å². The predicted molar refractivity (Wildman–Crippen MR) is 541 cm³/mol. The number of aliphatic carboxylic acids is 2. The van der Waals surface area contributed by atoms with Gasteiger partial charge in [-0.25, -0.2) is 9.59 Å². The van der Waals surface area contributed by atoms with E-state index in [4.69, 9.17) is 9.47 Å². The number of methoxy groups -OCH3 is 2. The predicted octanol–water partition coefficient (Wildman–Crippen LogP) is 17.3. The average molecular weight is 2110 g/mol. The third-order valence-corrected chi connectivity index (χ3v) is 21.6. The Morgan fingerprint density at radius 1 is 0.453 bits per heavy atom. The largest absolute Gasteiger partial charge is 1.00 e. The minimum atomic E-state index is -1.07. The Bertz CT molecular complexity index is 4520. The third-order valence-electron chi connectivity index (χ3n) is 20.2. The molecule has 14 rings (SSSR count). The van der Waals surface area contributed by atoms with Crippen LogP contribution in [0.25, 0.3) is 5.57 Å². The van der Waals surface area contributed by atoms with E-state index in [1.165, 1.54) is 52.2 Å². The maximum Gasteiger partial charge on any atom is 1.00 e. The number of benzene rings is 10. The van der Waals surface area contributed by atoms with Crippen molar-refractivity contribution in [3.8, 4) is 11.8 Å². The van der Waals surface area contributed by atoms with Crippen LogP contribution in [0, 0.1) is 29.6 Å². The Morgan fingerprint density at radius 3 is 1.13 bits per heavy atom. The van der Waals surface area contributed by atoms with Crippen molar-refractivity contribution in [2.45, 2.75) is 146 Å². The monoisotopic (exact) mass is 2100 g/mol.